The maximum absolute atomic E-state index is 12.8. The minimum absolute atomic E-state index is 0.0227. The topological polar surface area (TPSA) is 75.7 Å². The lowest BCUT2D eigenvalue weighted by molar-refractivity contribution is -0.126. The maximum atomic E-state index is 12.8. The van der Waals surface area contributed by atoms with Crippen molar-refractivity contribution < 1.29 is 19.1 Å². The fraction of sp³-hybridized carbons (Fsp3) is 0.211. The Bertz CT molecular complexity index is 809. The summed E-state index contributed by atoms with van der Waals surface area (Å²) in [5, 5.41) is 2.94. The maximum Gasteiger partial charge on any atom is 0.417 e. The van der Waals surface area contributed by atoms with Crippen LogP contribution in [0.4, 0.5) is 4.79 Å². The molecule has 7 heteroatoms. The van der Waals surface area contributed by atoms with E-state index in [-0.39, 0.29) is 19.1 Å². The van der Waals surface area contributed by atoms with E-state index in [1.807, 2.05) is 48.7 Å². The monoisotopic (exact) mass is 370 g/mol. The number of thioether (sulfide) groups is 1. The van der Waals surface area contributed by atoms with Crippen LogP contribution in [0.2, 0.25) is 0 Å². The molecule has 1 heterocycles. The number of carbonyl (C=O) groups excluding carboxylic acids is 3. The summed E-state index contributed by atoms with van der Waals surface area (Å²) in [5.41, 5.74) is 1.35. The van der Waals surface area contributed by atoms with Gasteiger partial charge >= 0.3 is 6.09 Å². The highest BCUT2D eigenvalue weighted by molar-refractivity contribution is 7.98. The first-order valence-corrected chi connectivity index (χ1v) is 9.28. The molecule has 0 aliphatic carbocycles. The Morgan fingerprint density at radius 1 is 1.15 bits per heavy atom. The van der Waals surface area contributed by atoms with Crippen LogP contribution in [0.3, 0.4) is 0 Å². The van der Waals surface area contributed by atoms with Gasteiger partial charge in [-0.05, 0) is 24.0 Å². The van der Waals surface area contributed by atoms with Crippen LogP contribution in [0, 0.1) is 0 Å². The third kappa shape index (κ3) is 3.88. The zero-order valence-electron chi connectivity index (χ0n) is 14.2. The molecular weight excluding hydrogens is 352 g/mol. The Morgan fingerprint density at radius 3 is 2.50 bits per heavy atom. The van der Waals surface area contributed by atoms with E-state index in [0.717, 1.165) is 15.4 Å². The van der Waals surface area contributed by atoms with E-state index in [4.69, 9.17) is 4.74 Å². The van der Waals surface area contributed by atoms with Gasteiger partial charge in [0.15, 0.2) is 6.61 Å². The highest BCUT2D eigenvalue weighted by atomic mass is 32.2. The molecule has 134 valence electrons. The molecule has 0 saturated carbocycles. The van der Waals surface area contributed by atoms with Gasteiger partial charge in [0.05, 0.1) is 18.2 Å². The highest BCUT2D eigenvalue weighted by Crippen LogP contribution is 2.22. The smallest absolute Gasteiger partial charge is 0.417 e. The molecule has 1 fully saturated rings. The Morgan fingerprint density at radius 2 is 1.85 bits per heavy atom. The number of ether oxygens (including phenoxy) is 1. The van der Waals surface area contributed by atoms with Gasteiger partial charge in [-0.3, -0.25) is 9.59 Å². The second-order valence-electron chi connectivity index (χ2n) is 5.70. The van der Waals surface area contributed by atoms with Crippen molar-refractivity contribution in [2.45, 2.75) is 10.9 Å². The number of carbonyl (C=O) groups is 3. The van der Waals surface area contributed by atoms with Gasteiger partial charge in [-0.1, -0.05) is 42.5 Å². The van der Waals surface area contributed by atoms with Gasteiger partial charge in [-0.15, -0.1) is 11.8 Å². The third-order valence-corrected chi connectivity index (χ3v) is 4.86. The van der Waals surface area contributed by atoms with Crippen molar-refractivity contribution in [3.8, 4) is 0 Å². The van der Waals surface area contributed by atoms with E-state index in [1.165, 1.54) is 11.8 Å². The predicted octanol–water partition coefficient (Wildman–Crippen LogP) is 2.86. The second kappa shape index (κ2) is 8.05. The molecular formula is C19H18N2O4S. The molecule has 0 bridgehead atoms. The van der Waals surface area contributed by atoms with Crippen molar-refractivity contribution in [3.63, 3.8) is 0 Å². The van der Waals surface area contributed by atoms with Gasteiger partial charge in [-0.2, -0.15) is 0 Å². The standard InChI is InChI=1S/C19H18N2O4S/c1-26-16-10-6-5-9-14(16)18(23)20-15(13-7-3-2-4-8-13)11-21-17(22)12-25-19(21)24/h2-10,15H,11-12H2,1H3,(H,20,23). The summed E-state index contributed by atoms with van der Waals surface area (Å²) in [4.78, 5) is 38.3. The fourth-order valence-corrected chi connectivity index (χ4v) is 3.32. The lowest BCUT2D eigenvalue weighted by Crippen LogP contribution is -2.40. The van der Waals surface area contributed by atoms with Crippen molar-refractivity contribution >= 4 is 29.7 Å². The third-order valence-electron chi connectivity index (χ3n) is 4.06. The number of hydrogen-bond acceptors (Lipinski definition) is 5. The lowest BCUT2D eigenvalue weighted by Gasteiger charge is -2.23. The molecule has 26 heavy (non-hydrogen) atoms. The number of cyclic esters (lactones) is 1. The Balaban J connectivity index is 1.85. The van der Waals surface area contributed by atoms with E-state index >= 15 is 0 Å². The van der Waals surface area contributed by atoms with Crippen LogP contribution < -0.4 is 5.32 Å². The van der Waals surface area contributed by atoms with Crippen LogP contribution in [0.5, 0.6) is 0 Å². The molecule has 0 aromatic heterocycles. The molecule has 1 unspecified atom stereocenters. The Labute approximate surface area is 155 Å². The summed E-state index contributed by atoms with van der Waals surface area (Å²) in [6, 6.07) is 16.0. The highest BCUT2D eigenvalue weighted by Gasteiger charge is 2.34. The molecule has 1 aliphatic heterocycles. The second-order valence-corrected chi connectivity index (χ2v) is 6.54. The van der Waals surface area contributed by atoms with Gasteiger partial charge < -0.3 is 10.1 Å². The SMILES string of the molecule is CSc1ccccc1C(=O)NC(CN1C(=O)COC1=O)c1ccccc1. The largest absolute Gasteiger partial charge is 0.439 e. The lowest BCUT2D eigenvalue weighted by atomic mass is 10.1. The number of imide groups is 1. The molecule has 1 saturated heterocycles. The van der Waals surface area contributed by atoms with Gasteiger partial charge in [0.2, 0.25) is 0 Å². The van der Waals surface area contributed by atoms with Gasteiger partial charge in [0.25, 0.3) is 11.8 Å². The van der Waals surface area contributed by atoms with Crippen molar-refractivity contribution in [3.05, 3.63) is 65.7 Å². The molecule has 1 atom stereocenters. The van der Waals surface area contributed by atoms with Gasteiger partial charge in [0.1, 0.15) is 0 Å². The van der Waals surface area contributed by atoms with Crippen molar-refractivity contribution in [1.82, 2.24) is 10.2 Å². The molecule has 3 amide bonds. The minimum Gasteiger partial charge on any atom is -0.439 e. The van der Waals surface area contributed by atoms with Crippen LogP contribution >= 0.6 is 11.8 Å². The fourth-order valence-electron chi connectivity index (χ4n) is 2.73. The predicted molar refractivity (Wildman–Crippen MR) is 97.9 cm³/mol. The summed E-state index contributed by atoms with van der Waals surface area (Å²) < 4.78 is 4.76. The number of amides is 3. The molecule has 2 aromatic carbocycles. The van der Waals surface area contributed by atoms with Crippen molar-refractivity contribution in [2.75, 3.05) is 19.4 Å². The van der Waals surface area contributed by atoms with Crippen LogP contribution in [0.15, 0.2) is 59.5 Å². The number of rotatable bonds is 6. The molecule has 1 N–H and O–H groups in total. The number of hydrogen-bond donors (Lipinski definition) is 1. The molecule has 2 aromatic rings. The molecule has 6 nitrogen and oxygen atoms in total. The normalized spacial score (nSPS) is 14.9. The van der Waals surface area contributed by atoms with Crippen LogP contribution in [0.1, 0.15) is 22.0 Å². The average Bonchev–Trinajstić information content (AvgIpc) is 3.00. The minimum atomic E-state index is -0.685. The van der Waals surface area contributed by atoms with E-state index in [2.05, 4.69) is 5.32 Å². The number of nitrogens with zero attached hydrogens (tertiary/aromatic N) is 1. The number of nitrogens with one attached hydrogen (secondary N) is 1. The summed E-state index contributed by atoms with van der Waals surface area (Å²) in [6.45, 7) is -0.238. The van der Waals surface area contributed by atoms with Crippen LogP contribution in [0.25, 0.3) is 0 Å². The zero-order valence-corrected chi connectivity index (χ0v) is 15.0. The van der Waals surface area contributed by atoms with Crippen LogP contribution in [-0.2, 0) is 9.53 Å². The van der Waals surface area contributed by atoms with E-state index in [0.29, 0.717) is 5.56 Å². The average molecular weight is 370 g/mol. The summed E-state index contributed by atoms with van der Waals surface area (Å²) in [7, 11) is 0. The molecule has 1 aliphatic rings. The van der Waals surface area contributed by atoms with E-state index in [9.17, 15) is 14.4 Å². The first-order valence-electron chi connectivity index (χ1n) is 8.06. The number of benzene rings is 2. The summed E-state index contributed by atoms with van der Waals surface area (Å²) in [6.07, 6.45) is 1.22. The summed E-state index contributed by atoms with van der Waals surface area (Å²) >= 11 is 1.48. The Hall–Kier alpha value is -2.80. The molecule has 0 spiro atoms. The molecule has 3 rings (SSSR count). The van der Waals surface area contributed by atoms with Crippen LogP contribution in [-0.4, -0.2) is 42.2 Å². The quantitative estimate of drug-likeness (QED) is 0.792. The van der Waals surface area contributed by atoms with Crippen molar-refractivity contribution in [1.29, 1.82) is 0 Å². The van der Waals surface area contributed by atoms with E-state index < -0.39 is 18.0 Å². The first kappa shape index (κ1) is 18.0. The first-order chi connectivity index (χ1) is 12.6. The summed E-state index contributed by atoms with van der Waals surface area (Å²) in [5.74, 6) is -0.668. The Kier molecular flexibility index (Phi) is 5.58. The van der Waals surface area contributed by atoms with Gasteiger partial charge in [0, 0.05) is 4.90 Å². The zero-order chi connectivity index (χ0) is 18.5. The van der Waals surface area contributed by atoms with Gasteiger partial charge in [-0.25, -0.2) is 9.69 Å². The van der Waals surface area contributed by atoms with Crippen molar-refractivity contribution in [2.24, 2.45) is 0 Å². The molecule has 0 radical (unpaired) electrons. The van der Waals surface area contributed by atoms with E-state index in [1.54, 1.807) is 12.1 Å².